The summed E-state index contributed by atoms with van der Waals surface area (Å²) in [4.78, 5) is 0. The van der Waals surface area contributed by atoms with Crippen molar-refractivity contribution in [3.05, 3.63) is 95.7 Å². The van der Waals surface area contributed by atoms with E-state index in [9.17, 15) is 0 Å². The number of nitrogens with one attached hydrogen (secondary N) is 1. The maximum absolute atomic E-state index is 4.91. The van der Waals surface area contributed by atoms with Gasteiger partial charge in [0, 0.05) is 16.8 Å². The molecule has 1 aliphatic heterocycles. The molecule has 1 aliphatic rings. The molecule has 0 saturated heterocycles. The number of anilines is 1. The number of rotatable bonds is 1. The van der Waals surface area contributed by atoms with E-state index in [4.69, 9.17) is 5.10 Å². The van der Waals surface area contributed by atoms with Gasteiger partial charge in [-0.1, -0.05) is 66.7 Å². The Labute approximate surface area is 169 Å². The topological polar surface area (TPSA) is 29.9 Å². The van der Waals surface area contributed by atoms with E-state index in [2.05, 4.69) is 103 Å². The molecule has 0 amide bonds. The maximum atomic E-state index is 4.91. The van der Waals surface area contributed by atoms with E-state index in [-0.39, 0.29) is 6.17 Å². The van der Waals surface area contributed by atoms with Gasteiger partial charge in [-0.15, -0.1) is 0 Å². The largest absolute Gasteiger partial charge is 0.359 e. The molecular weight excluding hydrogens is 354 g/mol. The zero-order valence-electron chi connectivity index (χ0n) is 16.5. The number of nitrogens with zero attached hydrogens (tertiary/aromatic N) is 2. The van der Waals surface area contributed by atoms with Crippen molar-refractivity contribution in [2.75, 3.05) is 5.32 Å². The highest BCUT2D eigenvalue weighted by atomic mass is 15.4. The lowest BCUT2D eigenvalue weighted by Gasteiger charge is -2.32. The third-order valence-corrected chi connectivity index (χ3v) is 6.02. The third kappa shape index (κ3) is 2.34. The second-order valence-electron chi connectivity index (χ2n) is 7.89. The molecule has 2 heterocycles. The normalized spacial score (nSPS) is 15.2. The number of para-hydroxylation sites is 1. The van der Waals surface area contributed by atoms with Crippen LogP contribution in [0.25, 0.3) is 32.8 Å². The van der Waals surface area contributed by atoms with Gasteiger partial charge in [0.15, 0.2) is 0 Å². The highest BCUT2D eigenvalue weighted by Crippen LogP contribution is 2.43. The van der Waals surface area contributed by atoms with Crippen molar-refractivity contribution in [3.63, 3.8) is 0 Å². The van der Waals surface area contributed by atoms with Crippen LogP contribution in [0.3, 0.4) is 0 Å². The van der Waals surface area contributed by atoms with Gasteiger partial charge in [-0.3, -0.25) is 0 Å². The minimum atomic E-state index is -0.0664. The second kappa shape index (κ2) is 5.95. The Morgan fingerprint density at radius 2 is 1.48 bits per heavy atom. The van der Waals surface area contributed by atoms with Crippen molar-refractivity contribution in [3.8, 4) is 11.3 Å². The van der Waals surface area contributed by atoms with Crippen molar-refractivity contribution in [2.24, 2.45) is 0 Å². The molecule has 4 aromatic carbocycles. The summed E-state index contributed by atoms with van der Waals surface area (Å²) in [6.45, 7) is 4.24. The Morgan fingerprint density at radius 1 is 0.793 bits per heavy atom. The Morgan fingerprint density at radius 3 is 2.21 bits per heavy atom. The number of hydrogen-bond donors (Lipinski definition) is 1. The minimum Gasteiger partial charge on any atom is -0.359 e. The SMILES string of the molecule is Cc1cc2n(n1)C(c1c3ccccc3cc3ccccc13)Nc1c(C)cccc1-2. The molecule has 0 radical (unpaired) electrons. The van der Waals surface area contributed by atoms with Gasteiger partial charge in [-0.05, 0) is 53.1 Å². The summed E-state index contributed by atoms with van der Waals surface area (Å²) in [5, 5.41) is 13.8. The number of aryl methyl sites for hydroxylation is 2. The highest BCUT2D eigenvalue weighted by molar-refractivity contribution is 6.03. The molecule has 140 valence electrons. The number of aromatic nitrogens is 2. The van der Waals surface area contributed by atoms with Gasteiger partial charge in [-0.25, -0.2) is 4.68 Å². The fourth-order valence-electron chi connectivity index (χ4n) is 4.72. The summed E-state index contributed by atoms with van der Waals surface area (Å²) < 4.78 is 2.16. The van der Waals surface area contributed by atoms with Crippen LogP contribution in [0.5, 0.6) is 0 Å². The summed E-state index contributed by atoms with van der Waals surface area (Å²) in [5.41, 5.74) is 7.14. The van der Waals surface area contributed by atoms with E-state index in [1.54, 1.807) is 0 Å². The molecule has 5 aromatic rings. The zero-order valence-corrected chi connectivity index (χ0v) is 16.5. The summed E-state index contributed by atoms with van der Waals surface area (Å²) in [6, 6.07) is 28.3. The van der Waals surface area contributed by atoms with Crippen molar-refractivity contribution in [1.82, 2.24) is 9.78 Å². The fourth-order valence-corrected chi connectivity index (χ4v) is 4.72. The molecule has 6 rings (SSSR count). The Kier molecular flexibility index (Phi) is 3.36. The minimum absolute atomic E-state index is 0.0664. The summed E-state index contributed by atoms with van der Waals surface area (Å²) in [5.74, 6) is 0. The van der Waals surface area contributed by atoms with E-state index < -0.39 is 0 Å². The molecule has 1 N–H and O–H groups in total. The van der Waals surface area contributed by atoms with Gasteiger partial charge in [0.1, 0.15) is 6.17 Å². The lowest BCUT2D eigenvalue weighted by Crippen LogP contribution is -2.26. The molecule has 3 nitrogen and oxygen atoms in total. The molecule has 0 bridgehead atoms. The van der Waals surface area contributed by atoms with Crippen LogP contribution < -0.4 is 5.32 Å². The Hall–Kier alpha value is -3.59. The van der Waals surface area contributed by atoms with Crippen LogP contribution in [0.4, 0.5) is 5.69 Å². The van der Waals surface area contributed by atoms with E-state index in [1.165, 1.54) is 49.6 Å². The standard InChI is InChI=1S/C26H21N3/c1-16-8-7-13-22-23-14-17(2)28-29(23)26(27-25(16)22)24-20-11-5-3-9-18(20)15-19-10-4-6-12-21(19)24/h3-15,26-27H,1-2H3. The molecule has 1 atom stereocenters. The summed E-state index contributed by atoms with van der Waals surface area (Å²) >= 11 is 0. The van der Waals surface area contributed by atoms with Crippen molar-refractivity contribution >= 4 is 27.2 Å². The molecule has 0 fully saturated rings. The highest BCUT2D eigenvalue weighted by Gasteiger charge is 2.29. The Bertz CT molecular complexity index is 1360. The predicted octanol–water partition coefficient (Wildman–Crippen LogP) is 6.45. The number of benzene rings is 4. The molecule has 0 aliphatic carbocycles. The number of fused-ring (bicyclic) bond motifs is 5. The fraction of sp³-hybridized carbons (Fsp3) is 0.115. The first-order chi connectivity index (χ1) is 14.2. The molecule has 0 spiro atoms. The van der Waals surface area contributed by atoms with E-state index in [0.717, 1.165) is 5.69 Å². The Balaban J connectivity index is 1.73. The average molecular weight is 375 g/mol. The van der Waals surface area contributed by atoms with Crippen LogP contribution in [0.2, 0.25) is 0 Å². The maximum Gasteiger partial charge on any atom is 0.148 e. The predicted molar refractivity (Wildman–Crippen MR) is 120 cm³/mol. The first kappa shape index (κ1) is 16.4. The van der Waals surface area contributed by atoms with E-state index >= 15 is 0 Å². The van der Waals surface area contributed by atoms with E-state index in [1.807, 2.05) is 0 Å². The van der Waals surface area contributed by atoms with Crippen LogP contribution in [-0.2, 0) is 0 Å². The second-order valence-corrected chi connectivity index (χ2v) is 7.89. The van der Waals surface area contributed by atoms with Gasteiger partial charge < -0.3 is 5.32 Å². The van der Waals surface area contributed by atoms with Gasteiger partial charge in [0.25, 0.3) is 0 Å². The van der Waals surface area contributed by atoms with Crippen LogP contribution in [0.1, 0.15) is 23.0 Å². The quantitative estimate of drug-likeness (QED) is 0.341. The molecular formula is C26H21N3. The van der Waals surface area contributed by atoms with Crippen molar-refractivity contribution in [2.45, 2.75) is 20.0 Å². The molecule has 3 heteroatoms. The van der Waals surface area contributed by atoms with E-state index in [0.29, 0.717) is 0 Å². The van der Waals surface area contributed by atoms with Crippen LogP contribution in [0.15, 0.2) is 78.9 Å². The van der Waals surface area contributed by atoms with Crippen LogP contribution in [0, 0.1) is 13.8 Å². The third-order valence-electron chi connectivity index (χ3n) is 6.02. The first-order valence-electron chi connectivity index (χ1n) is 10.0. The first-order valence-corrected chi connectivity index (χ1v) is 10.0. The summed E-state index contributed by atoms with van der Waals surface area (Å²) in [6.07, 6.45) is -0.0664. The van der Waals surface area contributed by atoms with Gasteiger partial charge in [0.05, 0.1) is 11.4 Å². The lowest BCUT2D eigenvalue weighted by molar-refractivity contribution is 0.577. The lowest BCUT2D eigenvalue weighted by atomic mass is 9.93. The summed E-state index contributed by atoms with van der Waals surface area (Å²) in [7, 11) is 0. The number of hydrogen-bond acceptors (Lipinski definition) is 2. The van der Waals surface area contributed by atoms with Crippen molar-refractivity contribution in [1.29, 1.82) is 0 Å². The van der Waals surface area contributed by atoms with Crippen LogP contribution in [-0.4, -0.2) is 9.78 Å². The van der Waals surface area contributed by atoms with Gasteiger partial charge in [0.2, 0.25) is 0 Å². The zero-order chi connectivity index (χ0) is 19.5. The average Bonchev–Trinajstić information content (AvgIpc) is 3.14. The van der Waals surface area contributed by atoms with Crippen molar-refractivity contribution < 1.29 is 0 Å². The van der Waals surface area contributed by atoms with Gasteiger partial charge in [-0.2, -0.15) is 5.10 Å². The smallest absolute Gasteiger partial charge is 0.148 e. The molecule has 1 unspecified atom stereocenters. The van der Waals surface area contributed by atoms with Crippen LogP contribution >= 0.6 is 0 Å². The molecule has 29 heavy (non-hydrogen) atoms. The monoisotopic (exact) mass is 375 g/mol. The van der Waals surface area contributed by atoms with Gasteiger partial charge >= 0.3 is 0 Å². The molecule has 1 aromatic heterocycles. The molecule has 0 saturated carbocycles.